The van der Waals surface area contributed by atoms with Crippen LogP contribution in [0, 0.1) is 0 Å². The predicted molar refractivity (Wildman–Crippen MR) is 93.2 cm³/mol. The minimum atomic E-state index is -2.95. The molecule has 1 amide bonds. The number of benzene rings is 1. The molecule has 8 heteroatoms. The van der Waals surface area contributed by atoms with E-state index in [4.69, 9.17) is 10.5 Å². The van der Waals surface area contributed by atoms with Crippen molar-refractivity contribution in [2.24, 2.45) is 0 Å². The van der Waals surface area contributed by atoms with Gasteiger partial charge in [0.15, 0.2) is 0 Å². The van der Waals surface area contributed by atoms with Gasteiger partial charge in [-0.2, -0.15) is 5.10 Å². The zero-order chi connectivity index (χ0) is 19.1. The van der Waals surface area contributed by atoms with Gasteiger partial charge in [0.25, 0.3) is 5.92 Å². The molecule has 26 heavy (non-hydrogen) atoms. The topological polar surface area (TPSA) is 73.4 Å². The van der Waals surface area contributed by atoms with E-state index in [1.165, 1.54) is 0 Å². The summed E-state index contributed by atoms with van der Waals surface area (Å²) in [6.45, 7) is 4.47. The average molecular weight is 364 g/mol. The van der Waals surface area contributed by atoms with Crippen molar-refractivity contribution in [2.45, 2.75) is 44.8 Å². The fourth-order valence-corrected chi connectivity index (χ4v) is 2.96. The van der Waals surface area contributed by atoms with E-state index in [1.807, 2.05) is 0 Å². The number of alkyl halides is 2. The van der Waals surface area contributed by atoms with Gasteiger partial charge in [-0.05, 0) is 38.5 Å². The van der Waals surface area contributed by atoms with Crippen LogP contribution in [0.3, 0.4) is 0 Å². The van der Waals surface area contributed by atoms with Gasteiger partial charge < -0.3 is 10.5 Å². The van der Waals surface area contributed by atoms with Crippen LogP contribution in [0.25, 0.3) is 5.69 Å². The molecule has 2 N–H and O–H groups in total. The lowest BCUT2D eigenvalue weighted by Gasteiger charge is -2.28. The monoisotopic (exact) mass is 364 g/mol. The SMILES string of the molecule is CC(C)(C)OC(=O)N1CC(F)(F)CC1c1ccc(-n2ccc(N)n2)cc1. The molecule has 0 aliphatic carbocycles. The lowest BCUT2D eigenvalue weighted by molar-refractivity contribution is -0.00243. The summed E-state index contributed by atoms with van der Waals surface area (Å²) in [5.74, 6) is -2.56. The largest absolute Gasteiger partial charge is 0.444 e. The van der Waals surface area contributed by atoms with E-state index in [1.54, 1.807) is 62.0 Å². The Labute approximate surface area is 150 Å². The number of anilines is 1. The molecule has 2 heterocycles. The second-order valence-corrected chi connectivity index (χ2v) is 7.46. The third kappa shape index (κ3) is 3.95. The molecule has 1 atom stereocenters. The summed E-state index contributed by atoms with van der Waals surface area (Å²) in [7, 11) is 0. The number of hydrogen-bond acceptors (Lipinski definition) is 4. The number of rotatable bonds is 2. The van der Waals surface area contributed by atoms with Crippen molar-refractivity contribution in [1.82, 2.24) is 14.7 Å². The standard InChI is InChI=1S/C18H22F2N4O2/c1-17(2,3)26-16(25)23-11-18(19,20)10-14(23)12-4-6-13(7-5-12)24-9-8-15(21)22-24/h4-9,14H,10-11H2,1-3H3,(H2,21,22). The van der Waals surface area contributed by atoms with E-state index >= 15 is 0 Å². The highest BCUT2D eigenvalue weighted by Crippen LogP contribution is 2.41. The molecule has 1 aliphatic rings. The molecule has 2 aromatic rings. The Kier molecular flexibility index (Phi) is 4.37. The summed E-state index contributed by atoms with van der Waals surface area (Å²) < 4.78 is 34.9. The van der Waals surface area contributed by atoms with Crippen molar-refractivity contribution in [3.63, 3.8) is 0 Å². The average Bonchev–Trinajstić information content (AvgIpc) is 3.09. The molecule has 6 nitrogen and oxygen atoms in total. The fraction of sp³-hybridized carbons (Fsp3) is 0.444. The predicted octanol–water partition coefficient (Wildman–Crippen LogP) is 3.77. The highest BCUT2D eigenvalue weighted by Gasteiger charge is 2.48. The van der Waals surface area contributed by atoms with E-state index in [0.717, 1.165) is 10.6 Å². The molecule has 3 rings (SSSR count). The van der Waals surface area contributed by atoms with Crippen LogP contribution < -0.4 is 5.73 Å². The maximum absolute atomic E-state index is 14.0. The van der Waals surface area contributed by atoms with Crippen LogP contribution in [-0.2, 0) is 4.74 Å². The lowest BCUT2D eigenvalue weighted by atomic mass is 10.0. The van der Waals surface area contributed by atoms with Gasteiger partial charge in [0.05, 0.1) is 18.3 Å². The Bertz CT molecular complexity index is 796. The van der Waals surface area contributed by atoms with Crippen molar-refractivity contribution in [1.29, 1.82) is 0 Å². The number of halogens is 2. The molecule has 0 radical (unpaired) electrons. The number of carbonyl (C=O) groups excluding carboxylic acids is 1. The highest BCUT2D eigenvalue weighted by molar-refractivity contribution is 5.69. The van der Waals surface area contributed by atoms with Gasteiger partial charge in [0, 0.05) is 18.7 Å². The number of aromatic nitrogens is 2. The van der Waals surface area contributed by atoms with E-state index in [-0.39, 0.29) is 0 Å². The second kappa shape index (κ2) is 6.26. The maximum atomic E-state index is 14.0. The Hall–Kier alpha value is -2.64. The first-order chi connectivity index (χ1) is 12.0. The smallest absolute Gasteiger partial charge is 0.411 e. The van der Waals surface area contributed by atoms with Crippen LogP contribution in [0.4, 0.5) is 19.4 Å². The van der Waals surface area contributed by atoms with Gasteiger partial charge in [-0.25, -0.2) is 18.3 Å². The van der Waals surface area contributed by atoms with Crippen molar-refractivity contribution in [3.05, 3.63) is 42.1 Å². The Morgan fingerprint density at radius 3 is 2.46 bits per heavy atom. The van der Waals surface area contributed by atoms with Crippen LogP contribution in [0.1, 0.15) is 38.8 Å². The van der Waals surface area contributed by atoms with Crippen molar-refractivity contribution >= 4 is 11.9 Å². The molecule has 1 unspecified atom stereocenters. The summed E-state index contributed by atoms with van der Waals surface area (Å²) in [5, 5.41) is 4.10. The molecule has 140 valence electrons. The van der Waals surface area contributed by atoms with Gasteiger partial charge in [-0.15, -0.1) is 0 Å². The van der Waals surface area contributed by atoms with E-state index in [0.29, 0.717) is 11.4 Å². The Morgan fingerprint density at radius 2 is 1.92 bits per heavy atom. The number of nitrogens with zero attached hydrogens (tertiary/aromatic N) is 3. The zero-order valence-corrected chi connectivity index (χ0v) is 14.9. The van der Waals surface area contributed by atoms with E-state index in [9.17, 15) is 13.6 Å². The van der Waals surface area contributed by atoms with E-state index < -0.39 is 36.6 Å². The Morgan fingerprint density at radius 1 is 1.27 bits per heavy atom. The van der Waals surface area contributed by atoms with Crippen molar-refractivity contribution in [3.8, 4) is 5.69 Å². The normalized spacial score (nSPS) is 19.6. The van der Waals surface area contributed by atoms with Gasteiger partial charge >= 0.3 is 6.09 Å². The molecule has 1 fully saturated rings. The third-order valence-electron chi connectivity index (χ3n) is 4.05. The van der Waals surface area contributed by atoms with Gasteiger partial charge in [0.1, 0.15) is 11.4 Å². The van der Waals surface area contributed by atoms with Crippen molar-refractivity contribution < 1.29 is 18.3 Å². The number of likely N-dealkylation sites (tertiary alicyclic amines) is 1. The van der Waals surface area contributed by atoms with Crippen LogP contribution in [0.2, 0.25) is 0 Å². The third-order valence-corrected chi connectivity index (χ3v) is 4.05. The van der Waals surface area contributed by atoms with Crippen LogP contribution >= 0.6 is 0 Å². The lowest BCUT2D eigenvalue weighted by Crippen LogP contribution is -2.37. The first-order valence-electron chi connectivity index (χ1n) is 8.33. The summed E-state index contributed by atoms with van der Waals surface area (Å²) in [5.41, 5.74) is 6.23. The quantitative estimate of drug-likeness (QED) is 0.880. The molecule has 1 aromatic heterocycles. The molecule has 0 spiro atoms. The Balaban J connectivity index is 1.84. The summed E-state index contributed by atoms with van der Waals surface area (Å²) in [6, 6.07) is 7.87. The summed E-state index contributed by atoms with van der Waals surface area (Å²) in [4.78, 5) is 13.5. The first-order valence-corrected chi connectivity index (χ1v) is 8.33. The summed E-state index contributed by atoms with van der Waals surface area (Å²) in [6.07, 6.45) is 0.546. The molecule has 1 aliphatic heterocycles. The molecule has 1 aromatic carbocycles. The highest BCUT2D eigenvalue weighted by atomic mass is 19.3. The number of ether oxygens (including phenoxy) is 1. The van der Waals surface area contributed by atoms with Crippen LogP contribution in [-0.4, -0.2) is 38.8 Å². The number of hydrogen-bond donors (Lipinski definition) is 1. The minimum Gasteiger partial charge on any atom is -0.444 e. The number of carbonyl (C=O) groups is 1. The maximum Gasteiger partial charge on any atom is 0.411 e. The second-order valence-electron chi connectivity index (χ2n) is 7.46. The van der Waals surface area contributed by atoms with Crippen LogP contribution in [0.15, 0.2) is 36.5 Å². The molecular weight excluding hydrogens is 342 g/mol. The summed E-state index contributed by atoms with van der Waals surface area (Å²) >= 11 is 0. The van der Waals surface area contributed by atoms with Gasteiger partial charge in [0.2, 0.25) is 0 Å². The zero-order valence-electron chi connectivity index (χ0n) is 14.9. The van der Waals surface area contributed by atoms with Gasteiger partial charge in [-0.3, -0.25) is 4.90 Å². The van der Waals surface area contributed by atoms with Crippen molar-refractivity contribution in [2.75, 3.05) is 12.3 Å². The molecular formula is C18H22F2N4O2. The van der Waals surface area contributed by atoms with Gasteiger partial charge in [-0.1, -0.05) is 12.1 Å². The van der Waals surface area contributed by atoms with E-state index in [2.05, 4.69) is 5.10 Å². The first kappa shape index (κ1) is 18.2. The fourth-order valence-electron chi connectivity index (χ4n) is 2.96. The van der Waals surface area contributed by atoms with Crippen LogP contribution in [0.5, 0.6) is 0 Å². The number of nitrogens with two attached hydrogens (primary N) is 1. The molecule has 1 saturated heterocycles. The molecule has 0 saturated carbocycles. The molecule has 0 bridgehead atoms. The minimum absolute atomic E-state index is 0.389. The number of nitrogen functional groups attached to an aromatic ring is 1. The number of amides is 1.